The summed E-state index contributed by atoms with van der Waals surface area (Å²) in [5.41, 5.74) is 1.82. The van der Waals surface area contributed by atoms with Crippen LogP contribution in [-0.2, 0) is 0 Å². The number of aromatic nitrogens is 2. The molecule has 2 nitrogen and oxygen atoms in total. The maximum absolute atomic E-state index is 6.12. The molecule has 16 heavy (non-hydrogen) atoms. The number of rotatable bonds is 2. The standard InChI is InChI=1S/C10H9Cl2IN2S/c1-5(2)15-4-7(13)9(14-15)6-3-8(11)16-10(6)12/h3-5H,1-2H3. The van der Waals surface area contributed by atoms with Crippen LogP contribution in [0.15, 0.2) is 12.3 Å². The van der Waals surface area contributed by atoms with E-state index >= 15 is 0 Å². The monoisotopic (exact) mass is 386 g/mol. The number of hydrogen-bond donors (Lipinski definition) is 0. The van der Waals surface area contributed by atoms with Gasteiger partial charge in [0.15, 0.2) is 0 Å². The van der Waals surface area contributed by atoms with Crippen molar-refractivity contribution in [3.05, 3.63) is 24.5 Å². The Labute approximate surface area is 122 Å². The van der Waals surface area contributed by atoms with Crippen LogP contribution < -0.4 is 0 Å². The molecule has 0 aliphatic rings. The van der Waals surface area contributed by atoms with Crippen molar-refractivity contribution in [3.63, 3.8) is 0 Å². The molecule has 0 radical (unpaired) electrons. The Kier molecular flexibility index (Phi) is 3.83. The topological polar surface area (TPSA) is 17.8 Å². The van der Waals surface area contributed by atoms with Gasteiger partial charge in [-0.2, -0.15) is 5.10 Å². The van der Waals surface area contributed by atoms with Crippen LogP contribution in [0.1, 0.15) is 19.9 Å². The van der Waals surface area contributed by atoms with Crippen LogP contribution in [0.25, 0.3) is 11.3 Å². The highest BCUT2D eigenvalue weighted by Crippen LogP contribution is 2.39. The summed E-state index contributed by atoms with van der Waals surface area (Å²) in [7, 11) is 0. The molecule has 2 heterocycles. The summed E-state index contributed by atoms with van der Waals surface area (Å²) in [6.07, 6.45) is 2.02. The van der Waals surface area contributed by atoms with Crippen LogP contribution in [0.5, 0.6) is 0 Å². The summed E-state index contributed by atoms with van der Waals surface area (Å²) >= 11 is 15.7. The Morgan fingerprint density at radius 1 is 1.44 bits per heavy atom. The zero-order valence-corrected chi connectivity index (χ0v) is 13.2. The summed E-state index contributed by atoms with van der Waals surface area (Å²) in [6, 6.07) is 2.21. The number of halogens is 3. The fourth-order valence-corrected chi connectivity index (χ4v) is 3.47. The van der Waals surface area contributed by atoms with Gasteiger partial charge >= 0.3 is 0 Å². The van der Waals surface area contributed by atoms with Crippen molar-refractivity contribution >= 4 is 57.1 Å². The van der Waals surface area contributed by atoms with Crippen LogP contribution in [0, 0.1) is 3.57 Å². The summed E-state index contributed by atoms with van der Waals surface area (Å²) in [4.78, 5) is 0. The normalized spacial score (nSPS) is 11.4. The van der Waals surface area contributed by atoms with Crippen molar-refractivity contribution in [1.29, 1.82) is 0 Å². The molecule has 0 unspecified atom stereocenters. The number of hydrogen-bond acceptors (Lipinski definition) is 2. The molecule has 0 aromatic carbocycles. The van der Waals surface area contributed by atoms with Crippen LogP contribution in [-0.4, -0.2) is 9.78 Å². The van der Waals surface area contributed by atoms with Gasteiger partial charge in [0.2, 0.25) is 0 Å². The highest BCUT2D eigenvalue weighted by molar-refractivity contribution is 14.1. The van der Waals surface area contributed by atoms with Crippen LogP contribution in [0.4, 0.5) is 0 Å². The molecule has 0 aliphatic carbocycles. The lowest BCUT2D eigenvalue weighted by atomic mass is 10.2. The van der Waals surface area contributed by atoms with Crippen LogP contribution in [0.2, 0.25) is 8.67 Å². The van der Waals surface area contributed by atoms with Gasteiger partial charge in [0.1, 0.15) is 10.0 Å². The fraction of sp³-hybridized carbons (Fsp3) is 0.300. The Morgan fingerprint density at radius 2 is 2.12 bits per heavy atom. The smallest absolute Gasteiger partial charge is 0.108 e. The zero-order valence-electron chi connectivity index (χ0n) is 8.67. The maximum atomic E-state index is 6.12. The first-order chi connectivity index (χ1) is 7.49. The van der Waals surface area contributed by atoms with Gasteiger partial charge in [0.05, 0.1) is 7.91 Å². The molecule has 0 aliphatic heterocycles. The number of thiophene rings is 1. The molecule has 0 fully saturated rings. The molecule has 0 saturated heterocycles. The zero-order chi connectivity index (χ0) is 11.9. The van der Waals surface area contributed by atoms with E-state index in [4.69, 9.17) is 23.2 Å². The molecule has 0 amide bonds. The first-order valence-corrected chi connectivity index (χ1v) is 7.34. The average Bonchev–Trinajstić information content (AvgIpc) is 2.69. The van der Waals surface area contributed by atoms with E-state index in [1.807, 2.05) is 16.9 Å². The molecule has 6 heteroatoms. The van der Waals surface area contributed by atoms with E-state index < -0.39 is 0 Å². The van der Waals surface area contributed by atoms with Crippen molar-refractivity contribution in [2.24, 2.45) is 0 Å². The lowest BCUT2D eigenvalue weighted by molar-refractivity contribution is 0.534. The second-order valence-electron chi connectivity index (χ2n) is 3.64. The van der Waals surface area contributed by atoms with Gasteiger partial charge < -0.3 is 0 Å². The molecule has 0 bridgehead atoms. The van der Waals surface area contributed by atoms with E-state index in [1.165, 1.54) is 11.3 Å². The molecule has 0 spiro atoms. The second-order valence-corrected chi connectivity index (χ2v) is 7.09. The molecular formula is C10H9Cl2IN2S. The fourth-order valence-electron chi connectivity index (χ4n) is 1.32. The molecular weight excluding hydrogens is 378 g/mol. The van der Waals surface area contributed by atoms with Gasteiger partial charge in [-0.05, 0) is 42.5 Å². The molecule has 0 N–H and O–H groups in total. The lowest BCUT2D eigenvalue weighted by Crippen LogP contribution is -2.00. The van der Waals surface area contributed by atoms with Crippen molar-refractivity contribution < 1.29 is 0 Å². The molecule has 0 atom stereocenters. The minimum Gasteiger partial charge on any atom is -0.269 e. The summed E-state index contributed by atoms with van der Waals surface area (Å²) in [6.45, 7) is 4.18. The highest BCUT2D eigenvalue weighted by atomic mass is 127. The van der Waals surface area contributed by atoms with E-state index in [1.54, 1.807) is 0 Å². The Balaban J connectivity index is 2.52. The molecule has 2 aromatic heterocycles. The maximum Gasteiger partial charge on any atom is 0.108 e. The third kappa shape index (κ3) is 2.39. The molecule has 2 aromatic rings. The quantitative estimate of drug-likeness (QED) is 0.656. The lowest BCUT2D eigenvalue weighted by Gasteiger charge is -2.03. The second kappa shape index (κ2) is 4.84. The van der Waals surface area contributed by atoms with E-state index in [0.717, 1.165) is 14.8 Å². The first kappa shape index (κ1) is 12.7. The van der Waals surface area contributed by atoms with Gasteiger partial charge in [-0.3, -0.25) is 4.68 Å². The average molecular weight is 387 g/mol. The Morgan fingerprint density at radius 3 is 2.56 bits per heavy atom. The van der Waals surface area contributed by atoms with E-state index in [-0.39, 0.29) is 0 Å². The van der Waals surface area contributed by atoms with Crippen molar-refractivity contribution in [2.75, 3.05) is 0 Å². The SMILES string of the molecule is CC(C)n1cc(I)c(-c2cc(Cl)sc2Cl)n1. The summed E-state index contributed by atoms with van der Waals surface area (Å²) in [5.74, 6) is 0. The van der Waals surface area contributed by atoms with Gasteiger partial charge in [-0.25, -0.2) is 0 Å². The van der Waals surface area contributed by atoms with Crippen molar-refractivity contribution in [1.82, 2.24) is 9.78 Å². The molecule has 86 valence electrons. The van der Waals surface area contributed by atoms with Crippen molar-refractivity contribution in [2.45, 2.75) is 19.9 Å². The third-order valence-electron chi connectivity index (χ3n) is 2.13. The van der Waals surface area contributed by atoms with E-state index in [2.05, 4.69) is 41.5 Å². The van der Waals surface area contributed by atoms with E-state index in [0.29, 0.717) is 14.7 Å². The Bertz CT molecular complexity index is 519. The predicted octanol–water partition coefficient (Wildman–Crippen LogP) is 5.10. The van der Waals surface area contributed by atoms with Crippen LogP contribution in [0.3, 0.4) is 0 Å². The highest BCUT2D eigenvalue weighted by Gasteiger charge is 2.15. The van der Waals surface area contributed by atoms with E-state index in [9.17, 15) is 0 Å². The van der Waals surface area contributed by atoms with Gasteiger partial charge in [-0.1, -0.05) is 23.2 Å². The Hall–Kier alpha value is 0.220. The summed E-state index contributed by atoms with van der Waals surface area (Å²) in [5, 5.41) is 4.53. The number of nitrogens with zero attached hydrogens (tertiary/aromatic N) is 2. The van der Waals surface area contributed by atoms with Crippen LogP contribution >= 0.6 is 57.1 Å². The third-order valence-corrected chi connectivity index (χ3v) is 4.41. The minimum atomic E-state index is 0.343. The predicted molar refractivity (Wildman–Crippen MR) is 78.7 cm³/mol. The minimum absolute atomic E-state index is 0.343. The molecule has 0 saturated carbocycles. The van der Waals surface area contributed by atoms with Gasteiger partial charge in [-0.15, -0.1) is 11.3 Å². The van der Waals surface area contributed by atoms with Crippen molar-refractivity contribution in [3.8, 4) is 11.3 Å². The summed E-state index contributed by atoms with van der Waals surface area (Å²) < 4.78 is 4.40. The van der Waals surface area contributed by atoms with Gasteiger partial charge in [0, 0.05) is 17.8 Å². The molecule has 2 rings (SSSR count). The first-order valence-electron chi connectivity index (χ1n) is 4.69. The van der Waals surface area contributed by atoms with Gasteiger partial charge in [0.25, 0.3) is 0 Å². The largest absolute Gasteiger partial charge is 0.269 e.